The molecule has 0 spiro atoms. The maximum Gasteiger partial charge on any atom is 0.262 e. The zero-order valence-electron chi connectivity index (χ0n) is 19.5. The number of carbonyl (C=O) groups excluding carboxylic acids is 1. The predicted octanol–water partition coefficient (Wildman–Crippen LogP) is 4.40. The van der Waals surface area contributed by atoms with Crippen molar-refractivity contribution in [3.63, 3.8) is 0 Å². The summed E-state index contributed by atoms with van der Waals surface area (Å²) in [6.07, 6.45) is 7.75. The lowest BCUT2D eigenvalue weighted by Crippen LogP contribution is -2.26. The molecular weight excluding hydrogens is 418 g/mol. The first-order chi connectivity index (χ1) is 16.1. The van der Waals surface area contributed by atoms with Crippen LogP contribution in [0.3, 0.4) is 0 Å². The van der Waals surface area contributed by atoms with Crippen molar-refractivity contribution in [2.24, 2.45) is 11.8 Å². The summed E-state index contributed by atoms with van der Waals surface area (Å²) in [7, 11) is 1.64. The third-order valence-electron chi connectivity index (χ3n) is 6.85. The fourth-order valence-corrected chi connectivity index (χ4v) is 4.41. The summed E-state index contributed by atoms with van der Waals surface area (Å²) in [6, 6.07) is 8.21. The molecule has 7 heteroatoms. The Hall–Kier alpha value is -2.83. The van der Waals surface area contributed by atoms with Gasteiger partial charge >= 0.3 is 0 Å². The molecule has 2 heterocycles. The molecule has 33 heavy (non-hydrogen) atoms. The molecule has 7 nitrogen and oxygen atoms in total. The molecular formula is C26H33N3O4. The molecule has 1 aromatic carbocycles. The first-order valence-electron chi connectivity index (χ1n) is 12.2. The molecule has 3 aliphatic rings. The zero-order chi connectivity index (χ0) is 22.8. The number of rotatable bonds is 11. The number of aromatic nitrogens is 2. The van der Waals surface area contributed by atoms with Gasteiger partial charge in [0, 0.05) is 25.3 Å². The summed E-state index contributed by atoms with van der Waals surface area (Å²) in [5, 5.41) is 0. The van der Waals surface area contributed by atoms with Crippen LogP contribution in [0.1, 0.15) is 56.9 Å². The summed E-state index contributed by atoms with van der Waals surface area (Å²) < 4.78 is 17.8. The molecule has 2 aromatic rings. The molecule has 2 saturated carbocycles. The molecule has 5 rings (SSSR count). The number of hydrogen-bond donors (Lipinski definition) is 0. The van der Waals surface area contributed by atoms with E-state index in [1.54, 1.807) is 13.4 Å². The minimum atomic E-state index is 0.0696. The molecule has 1 aliphatic heterocycles. The van der Waals surface area contributed by atoms with E-state index in [4.69, 9.17) is 14.2 Å². The Morgan fingerprint density at radius 1 is 1.12 bits per heavy atom. The summed E-state index contributed by atoms with van der Waals surface area (Å²) in [6.45, 7) is 4.37. The van der Waals surface area contributed by atoms with Crippen molar-refractivity contribution >= 4 is 11.6 Å². The molecule has 2 aliphatic carbocycles. The number of nitrogens with zero attached hydrogens (tertiary/aromatic N) is 3. The Morgan fingerprint density at radius 2 is 1.91 bits per heavy atom. The SMILES string of the molecule is COc1c(OCC2CC2)ncnc1N1CC[C@@H](Oc2ccc([C@H](C)CC(=O)C3CC3)cc2)C1. The standard InChI is InChI=1S/C26H33N3O4/c1-17(13-23(30)20-5-6-20)19-7-9-21(10-8-19)33-22-11-12-29(14-22)25-24(31-2)26(28-16-27-25)32-15-18-3-4-18/h7-10,16-18,20,22H,3-6,11-15H2,1-2H3/t17-,22-/m1/s1. The fourth-order valence-electron chi connectivity index (χ4n) is 4.41. The van der Waals surface area contributed by atoms with Crippen molar-refractivity contribution in [3.05, 3.63) is 36.2 Å². The molecule has 0 amide bonds. The highest BCUT2D eigenvalue weighted by Crippen LogP contribution is 2.38. The van der Waals surface area contributed by atoms with E-state index in [9.17, 15) is 4.79 Å². The molecule has 0 radical (unpaired) electrons. The van der Waals surface area contributed by atoms with Gasteiger partial charge in [-0.3, -0.25) is 4.79 Å². The topological polar surface area (TPSA) is 73.8 Å². The average molecular weight is 452 g/mol. The van der Waals surface area contributed by atoms with Gasteiger partial charge in [0.15, 0.2) is 5.82 Å². The van der Waals surface area contributed by atoms with Crippen molar-refractivity contribution in [3.8, 4) is 17.4 Å². The molecule has 0 N–H and O–H groups in total. The van der Waals surface area contributed by atoms with Gasteiger partial charge in [-0.25, -0.2) is 4.98 Å². The van der Waals surface area contributed by atoms with Crippen LogP contribution in [0, 0.1) is 11.8 Å². The summed E-state index contributed by atoms with van der Waals surface area (Å²) in [5.74, 6) is 4.36. The minimum absolute atomic E-state index is 0.0696. The largest absolute Gasteiger partial charge is 0.489 e. The van der Waals surface area contributed by atoms with E-state index in [2.05, 4.69) is 33.9 Å². The first-order valence-corrected chi connectivity index (χ1v) is 12.2. The van der Waals surface area contributed by atoms with Crippen LogP contribution in [-0.4, -0.2) is 48.7 Å². The number of hydrogen-bond acceptors (Lipinski definition) is 7. The Labute approximate surface area is 195 Å². The van der Waals surface area contributed by atoms with E-state index in [0.29, 0.717) is 42.3 Å². The van der Waals surface area contributed by atoms with E-state index in [1.165, 1.54) is 18.4 Å². The number of benzene rings is 1. The molecule has 1 saturated heterocycles. The van der Waals surface area contributed by atoms with Gasteiger partial charge < -0.3 is 19.1 Å². The number of carbonyl (C=O) groups is 1. The van der Waals surface area contributed by atoms with E-state index < -0.39 is 0 Å². The van der Waals surface area contributed by atoms with Gasteiger partial charge in [0.2, 0.25) is 5.75 Å². The lowest BCUT2D eigenvalue weighted by atomic mass is 9.94. The zero-order valence-corrected chi connectivity index (χ0v) is 19.5. The van der Waals surface area contributed by atoms with Crippen molar-refractivity contribution < 1.29 is 19.0 Å². The van der Waals surface area contributed by atoms with Crippen LogP contribution in [0.25, 0.3) is 0 Å². The number of ketones is 1. The van der Waals surface area contributed by atoms with Crippen LogP contribution in [-0.2, 0) is 4.79 Å². The summed E-state index contributed by atoms with van der Waals surface area (Å²) >= 11 is 0. The highest BCUT2D eigenvalue weighted by Gasteiger charge is 2.31. The number of anilines is 1. The highest BCUT2D eigenvalue weighted by atomic mass is 16.5. The van der Waals surface area contributed by atoms with E-state index in [-0.39, 0.29) is 12.0 Å². The van der Waals surface area contributed by atoms with Gasteiger partial charge in [-0.05, 0) is 55.2 Å². The second-order valence-corrected chi connectivity index (χ2v) is 9.68. The van der Waals surface area contributed by atoms with Gasteiger partial charge in [0.1, 0.15) is 24.0 Å². The smallest absolute Gasteiger partial charge is 0.262 e. The number of Topliss-reactive ketones (excluding diaryl/α,β-unsaturated/α-hetero) is 1. The van der Waals surface area contributed by atoms with Gasteiger partial charge in [0.25, 0.3) is 5.88 Å². The van der Waals surface area contributed by atoms with Crippen molar-refractivity contribution in [2.75, 3.05) is 31.7 Å². The Balaban J connectivity index is 1.17. The van der Waals surface area contributed by atoms with Crippen LogP contribution in [0.4, 0.5) is 5.82 Å². The Kier molecular flexibility index (Phi) is 6.38. The third kappa shape index (κ3) is 5.40. The van der Waals surface area contributed by atoms with Crippen LogP contribution in [0.5, 0.6) is 17.4 Å². The highest BCUT2D eigenvalue weighted by molar-refractivity contribution is 5.83. The molecule has 2 atom stereocenters. The van der Waals surface area contributed by atoms with Crippen LogP contribution in [0.2, 0.25) is 0 Å². The number of methoxy groups -OCH3 is 1. The second-order valence-electron chi connectivity index (χ2n) is 9.68. The third-order valence-corrected chi connectivity index (χ3v) is 6.85. The van der Waals surface area contributed by atoms with Crippen LogP contribution < -0.4 is 19.1 Å². The maximum absolute atomic E-state index is 12.1. The second kappa shape index (κ2) is 9.57. The molecule has 1 aromatic heterocycles. The number of ether oxygens (including phenoxy) is 3. The van der Waals surface area contributed by atoms with Crippen LogP contribution >= 0.6 is 0 Å². The van der Waals surface area contributed by atoms with E-state index >= 15 is 0 Å². The maximum atomic E-state index is 12.1. The normalized spacial score (nSPS) is 21.0. The summed E-state index contributed by atoms with van der Waals surface area (Å²) in [4.78, 5) is 23.0. The van der Waals surface area contributed by atoms with Crippen molar-refractivity contribution in [1.82, 2.24) is 9.97 Å². The first kappa shape index (κ1) is 22.0. The fraction of sp³-hybridized carbons (Fsp3) is 0.577. The van der Waals surface area contributed by atoms with Gasteiger partial charge in [-0.1, -0.05) is 19.1 Å². The monoisotopic (exact) mass is 451 g/mol. The van der Waals surface area contributed by atoms with E-state index in [0.717, 1.165) is 43.9 Å². The quantitative estimate of drug-likeness (QED) is 0.501. The van der Waals surface area contributed by atoms with Gasteiger partial charge in [-0.2, -0.15) is 4.98 Å². The summed E-state index contributed by atoms with van der Waals surface area (Å²) in [5.41, 5.74) is 1.19. The van der Waals surface area contributed by atoms with E-state index in [1.807, 2.05) is 12.1 Å². The van der Waals surface area contributed by atoms with Crippen LogP contribution in [0.15, 0.2) is 30.6 Å². The predicted molar refractivity (Wildman–Crippen MR) is 125 cm³/mol. The minimum Gasteiger partial charge on any atom is -0.489 e. The Morgan fingerprint density at radius 3 is 2.61 bits per heavy atom. The average Bonchev–Trinajstić information content (AvgIpc) is 3.76. The Bertz CT molecular complexity index is 972. The van der Waals surface area contributed by atoms with Gasteiger partial charge in [-0.15, -0.1) is 0 Å². The van der Waals surface area contributed by atoms with Crippen molar-refractivity contribution in [2.45, 2.75) is 57.5 Å². The molecule has 0 bridgehead atoms. The van der Waals surface area contributed by atoms with Gasteiger partial charge in [0.05, 0.1) is 20.3 Å². The molecule has 3 fully saturated rings. The molecule has 0 unspecified atom stereocenters. The lowest BCUT2D eigenvalue weighted by molar-refractivity contribution is -0.120. The lowest BCUT2D eigenvalue weighted by Gasteiger charge is -2.21. The van der Waals surface area contributed by atoms with Crippen molar-refractivity contribution in [1.29, 1.82) is 0 Å². The molecule has 176 valence electrons.